The Morgan fingerprint density at radius 2 is 1.88 bits per heavy atom. The van der Waals surface area contributed by atoms with Gasteiger partial charge >= 0.3 is 0 Å². The minimum absolute atomic E-state index is 0.706. The molecule has 0 saturated carbocycles. The number of nitrogen functional groups attached to an aromatic ring is 1. The van der Waals surface area contributed by atoms with Gasteiger partial charge in [0.15, 0.2) is 0 Å². The number of nitrogens with zero attached hydrogens (tertiary/aromatic N) is 3. The summed E-state index contributed by atoms with van der Waals surface area (Å²) in [5.41, 5.74) is 11.1. The van der Waals surface area contributed by atoms with Crippen LogP contribution < -0.4 is 11.1 Å². The smallest absolute Gasteiger partial charge is 0.137 e. The fourth-order valence-electron chi connectivity index (χ4n) is 3.07. The maximum absolute atomic E-state index is 5.91. The van der Waals surface area contributed by atoms with Crippen molar-refractivity contribution in [1.82, 2.24) is 15.0 Å². The Labute approximate surface area is 152 Å². The second-order valence-corrected chi connectivity index (χ2v) is 6.07. The van der Waals surface area contributed by atoms with E-state index >= 15 is 0 Å². The molecule has 0 aliphatic rings. The molecule has 5 heteroatoms. The first-order valence-corrected chi connectivity index (χ1v) is 8.54. The van der Waals surface area contributed by atoms with E-state index in [1.54, 1.807) is 12.5 Å². The number of nitrogens with one attached hydrogen (secondary N) is 1. The molecule has 0 spiro atoms. The molecule has 0 bridgehead atoms. The molecule has 0 aliphatic carbocycles. The van der Waals surface area contributed by atoms with Crippen molar-refractivity contribution >= 4 is 22.4 Å². The number of benzene rings is 2. The normalized spacial score (nSPS) is 10.8. The SMILES string of the molecule is Nc1ccc2ncnc(NCCc3ccccc3-c3cccnc3)c2c1. The number of rotatable bonds is 5. The van der Waals surface area contributed by atoms with E-state index in [-0.39, 0.29) is 0 Å². The third-order valence-corrected chi connectivity index (χ3v) is 4.34. The first-order valence-electron chi connectivity index (χ1n) is 8.54. The van der Waals surface area contributed by atoms with Crippen molar-refractivity contribution in [3.8, 4) is 11.1 Å². The van der Waals surface area contributed by atoms with Crippen molar-refractivity contribution in [1.29, 1.82) is 0 Å². The summed E-state index contributed by atoms with van der Waals surface area (Å²) in [4.78, 5) is 12.9. The van der Waals surface area contributed by atoms with Gasteiger partial charge in [-0.2, -0.15) is 0 Å². The standard InChI is InChI=1S/C21H19N5/c22-17-7-8-20-19(12-17)21(26-14-25-20)24-11-9-15-4-1-2-6-18(15)16-5-3-10-23-13-16/h1-8,10,12-14H,9,11,22H2,(H,24,25,26). The van der Waals surface area contributed by atoms with Crippen LogP contribution in [0.15, 0.2) is 73.3 Å². The van der Waals surface area contributed by atoms with E-state index < -0.39 is 0 Å². The number of hydrogen-bond acceptors (Lipinski definition) is 5. The predicted molar refractivity (Wildman–Crippen MR) is 106 cm³/mol. The zero-order chi connectivity index (χ0) is 17.8. The number of pyridine rings is 1. The molecule has 0 aliphatic heterocycles. The van der Waals surface area contributed by atoms with Crippen LogP contribution in [-0.2, 0) is 6.42 Å². The molecule has 0 radical (unpaired) electrons. The highest BCUT2D eigenvalue weighted by atomic mass is 15.0. The van der Waals surface area contributed by atoms with E-state index in [1.807, 2.05) is 30.5 Å². The number of aromatic nitrogens is 3. The maximum Gasteiger partial charge on any atom is 0.137 e. The van der Waals surface area contributed by atoms with Crippen LogP contribution in [0.5, 0.6) is 0 Å². The summed E-state index contributed by atoms with van der Waals surface area (Å²) < 4.78 is 0. The van der Waals surface area contributed by atoms with Crippen molar-refractivity contribution in [2.45, 2.75) is 6.42 Å². The van der Waals surface area contributed by atoms with E-state index in [1.165, 1.54) is 11.1 Å². The highest BCUT2D eigenvalue weighted by Gasteiger charge is 2.07. The minimum Gasteiger partial charge on any atom is -0.399 e. The van der Waals surface area contributed by atoms with Gasteiger partial charge in [0, 0.05) is 35.6 Å². The quantitative estimate of drug-likeness (QED) is 0.538. The number of fused-ring (bicyclic) bond motifs is 1. The topological polar surface area (TPSA) is 76.7 Å². The number of anilines is 2. The summed E-state index contributed by atoms with van der Waals surface area (Å²) in [5, 5.41) is 4.36. The molecule has 5 nitrogen and oxygen atoms in total. The lowest BCUT2D eigenvalue weighted by molar-refractivity contribution is 1.01. The molecule has 3 N–H and O–H groups in total. The molecule has 2 heterocycles. The lowest BCUT2D eigenvalue weighted by Crippen LogP contribution is -2.08. The van der Waals surface area contributed by atoms with Crippen LogP contribution in [0.25, 0.3) is 22.0 Å². The van der Waals surface area contributed by atoms with Crippen LogP contribution in [-0.4, -0.2) is 21.5 Å². The molecule has 2 aromatic heterocycles. The fourth-order valence-corrected chi connectivity index (χ4v) is 3.07. The first kappa shape index (κ1) is 16.0. The average molecular weight is 341 g/mol. The third kappa shape index (κ3) is 3.32. The van der Waals surface area contributed by atoms with Gasteiger partial charge in [-0.25, -0.2) is 9.97 Å². The van der Waals surface area contributed by atoms with Crippen LogP contribution in [0.3, 0.4) is 0 Å². The van der Waals surface area contributed by atoms with Crippen molar-refractivity contribution in [3.05, 3.63) is 78.9 Å². The largest absolute Gasteiger partial charge is 0.399 e. The lowest BCUT2D eigenvalue weighted by Gasteiger charge is -2.12. The Bertz CT molecular complexity index is 1030. The molecule has 0 fully saturated rings. The summed E-state index contributed by atoms with van der Waals surface area (Å²) in [6, 6.07) is 18.1. The van der Waals surface area contributed by atoms with Crippen LogP contribution >= 0.6 is 0 Å². The minimum atomic E-state index is 0.706. The zero-order valence-corrected chi connectivity index (χ0v) is 14.3. The van der Waals surface area contributed by atoms with Crippen molar-refractivity contribution < 1.29 is 0 Å². The highest BCUT2D eigenvalue weighted by molar-refractivity contribution is 5.91. The summed E-state index contributed by atoms with van der Waals surface area (Å²) in [6.07, 6.45) is 6.13. The molecule has 4 aromatic rings. The molecule has 26 heavy (non-hydrogen) atoms. The van der Waals surface area contributed by atoms with Gasteiger partial charge in [0.25, 0.3) is 0 Å². The van der Waals surface area contributed by atoms with Gasteiger partial charge in [-0.1, -0.05) is 30.3 Å². The highest BCUT2D eigenvalue weighted by Crippen LogP contribution is 2.24. The molecule has 0 saturated heterocycles. The van der Waals surface area contributed by atoms with Crippen LogP contribution in [0, 0.1) is 0 Å². The summed E-state index contributed by atoms with van der Waals surface area (Å²) in [6.45, 7) is 0.762. The van der Waals surface area contributed by atoms with E-state index in [2.05, 4.69) is 50.6 Å². The maximum atomic E-state index is 5.91. The van der Waals surface area contributed by atoms with E-state index in [0.29, 0.717) is 5.69 Å². The monoisotopic (exact) mass is 341 g/mol. The molecular weight excluding hydrogens is 322 g/mol. The van der Waals surface area contributed by atoms with Gasteiger partial charge < -0.3 is 11.1 Å². The number of nitrogens with two attached hydrogens (primary N) is 1. The summed E-state index contributed by atoms with van der Waals surface area (Å²) in [7, 11) is 0. The van der Waals surface area contributed by atoms with Crippen molar-refractivity contribution in [2.24, 2.45) is 0 Å². The van der Waals surface area contributed by atoms with E-state index in [0.717, 1.165) is 35.2 Å². The predicted octanol–water partition coefficient (Wildman–Crippen LogP) is 3.93. The molecule has 4 rings (SSSR count). The lowest BCUT2D eigenvalue weighted by atomic mass is 9.99. The Kier molecular flexibility index (Phi) is 4.43. The van der Waals surface area contributed by atoms with Gasteiger partial charge in [-0.05, 0) is 41.8 Å². The molecular formula is C21H19N5. The van der Waals surface area contributed by atoms with Crippen molar-refractivity contribution in [2.75, 3.05) is 17.6 Å². The Hall–Kier alpha value is -3.47. The van der Waals surface area contributed by atoms with E-state index in [4.69, 9.17) is 5.73 Å². The first-order chi connectivity index (χ1) is 12.8. The van der Waals surface area contributed by atoms with Crippen molar-refractivity contribution in [3.63, 3.8) is 0 Å². The van der Waals surface area contributed by atoms with Gasteiger partial charge in [0.1, 0.15) is 12.1 Å². The van der Waals surface area contributed by atoms with Crippen LogP contribution in [0.1, 0.15) is 5.56 Å². The van der Waals surface area contributed by atoms with Gasteiger partial charge in [0.2, 0.25) is 0 Å². The Morgan fingerprint density at radius 3 is 2.77 bits per heavy atom. The van der Waals surface area contributed by atoms with Crippen LogP contribution in [0.4, 0.5) is 11.5 Å². The van der Waals surface area contributed by atoms with Gasteiger partial charge in [-0.3, -0.25) is 4.98 Å². The zero-order valence-electron chi connectivity index (χ0n) is 14.3. The van der Waals surface area contributed by atoms with E-state index in [9.17, 15) is 0 Å². The molecule has 0 atom stereocenters. The molecule has 2 aromatic carbocycles. The Balaban J connectivity index is 1.54. The average Bonchev–Trinajstić information content (AvgIpc) is 2.69. The summed E-state index contributed by atoms with van der Waals surface area (Å²) >= 11 is 0. The second-order valence-electron chi connectivity index (χ2n) is 6.07. The second kappa shape index (κ2) is 7.19. The molecule has 0 amide bonds. The molecule has 0 unspecified atom stereocenters. The fraction of sp³-hybridized carbons (Fsp3) is 0.0952. The molecule has 128 valence electrons. The summed E-state index contributed by atoms with van der Waals surface area (Å²) in [5.74, 6) is 0.807. The van der Waals surface area contributed by atoms with Crippen LogP contribution in [0.2, 0.25) is 0 Å². The Morgan fingerprint density at radius 1 is 0.962 bits per heavy atom. The third-order valence-electron chi connectivity index (χ3n) is 4.34. The van der Waals surface area contributed by atoms with Gasteiger partial charge in [0.05, 0.1) is 5.52 Å². The van der Waals surface area contributed by atoms with Gasteiger partial charge in [-0.15, -0.1) is 0 Å². The number of hydrogen-bond donors (Lipinski definition) is 2.